The number of hydroxylamine groups is 2. The average molecular weight is 409 g/mol. The molecule has 148 valence electrons. The van der Waals surface area contributed by atoms with E-state index >= 15 is 0 Å². The summed E-state index contributed by atoms with van der Waals surface area (Å²) in [6, 6.07) is 11.3. The third-order valence-corrected chi connectivity index (χ3v) is 5.97. The number of carbonyl (C=O) groups is 1. The van der Waals surface area contributed by atoms with Crippen molar-refractivity contribution in [2.45, 2.75) is 6.61 Å². The lowest BCUT2D eigenvalue weighted by molar-refractivity contribution is -0.0755. The fraction of sp³-hybridized carbons (Fsp3) is 0.190. The molecule has 0 atom stereocenters. The normalized spacial score (nSPS) is 11.1. The van der Waals surface area contributed by atoms with Crippen molar-refractivity contribution in [2.24, 2.45) is 7.05 Å². The predicted molar refractivity (Wildman–Crippen MR) is 112 cm³/mol. The maximum Gasteiger partial charge on any atom is 0.291 e. The second-order valence-corrected chi connectivity index (χ2v) is 7.50. The van der Waals surface area contributed by atoms with Gasteiger partial charge in [-0.05, 0) is 23.8 Å². The summed E-state index contributed by atoms with van der Waals surface area (Å²) < 4.78 is 8.35. The Bertz CT molecular complexity index is 1260. The van der Waals surface area contributed by atoms with Crippen LogP contribution in [-0.4, -0.2) is 34.7 Å². The summed E-state index contributed by atoms with van der Waals surface area (Å²) in [6.45, 7) is 0.210. The summed E-state index contributed by atoms with van der Waals surface area (Å²) in [7, 11) is 4.66. The highest BCUT2D eigenvalue weighted by Gasteiger charge is 2.27. The number of hydrogen-bond donors (Lipinski definition) is 0. The van der Waals surface area contributed by atoms with Crippen molar-refractivity contribution < 1.29 is 14.4 Å². The van der Waals surface area contributed by atoms with Gasteiger partial charge in [-0.2, -0.15) is 0 Å². The summed E-state index contributed by atoms with van der Waals surface area (Å²) in [5, 5.41) is 2.41. The maximum absolute atomic E-state index is 13.2. The average Bonchev–Trinajstić information content (AvgIpc) is 3.15. The summed E-state index contributed by atoms with van der Waals surface area (Å²) in [6.07, 6.45) is 3.34. The van der Waals surface area contributed by atoms with Crippen LogP contribution >= 0.6 is 11.3 Å². The minimum absolute atomic E-state index is 0.209. The van der Waals surface area contributed by atoms with E-state index in [-0.39, 0.29) is 23.8 Å². The molecule has 3 aromatic heterocycles. The number of benzene rings is 1. The quantitative estimate of drug-likeness (QED) is 0.473. The van der Waals surface area contributed by atoms with Crippen LogP contribution in [0.5, 0.6) is 5.75 Å². The molecule has 0 saturated carbocycles. The zero-order chi connectivity index (χ0) is 20.5. The third kappa shape index (κ3) is 3.26. The summed E-state index contributed by atoms with van der Waals surface area (Å²) in [5.41, 5.74) is 1.47. The molecule has 8 heteroatoms. The van der Waals surface area contributed by atoms with Crippen molar-refractivity contribution in [3.05, 3.63) is 69.6 Å². The second kappa shape index (κ2) is 7.65. The molecule has 0 aliphatic rings. The zero-order valence-electron chi connectivity index (χ0n) is 16.2. The Morgan fingerprint density at radius 2 is 1.93 bits per heavy atom. The number of hydrogen-bond acceptors (Lipinski definition) is 6. The number of nitrogens with zero attached hydrogens (tertiary/aromatic N) is 3. The van der Waals surface area contributed by atoms with Crippen molar-refractivity contribution >= 4 is 38.2 Å². The van der Waals surface area contributed by atoms with Gasteiger partial charge in [-0.15, -0.1) is 11.3 Å². The molecule has 0 aliphatic heterocycles. The van der Waals surface area contributed by atoms with Gasteiger partial charge in [0.25, 0.3) is 11.5 Å². The highest BCUT2D eigenvalue weighted by atomic mass is 32.1. The summed E-state index contributed by atoms with van der Waals surface area (Å²) in [4.78, 5) is 35.5. The van der Waals surface area contributed by atoms with Gasteiger partial charge in [-0.25, -0.2) is 5.06 Å². The number of aryl methyl sites for hydroxylation is 1. The fourth-order valence-electron chi connectivity index (χ4n) is 3.17. The maximum atomic E-state index is 13.2. The van der Waals surface area contributed by atoms with Crippen LogP contribution in [-0.2, 0) is 18.5 Å². The molecule has 29 heavy (non-hydrogen) atoms. The van der Waals surface area contributed by atoms with Crippen LogP contribution in [0.25, 0.3) is 21.0 Å². The van der Waals surface area contributed by atoms with Gasteiger partial charge < -0.3 is 9.30 Å². The topological polar surface area (TPSA) is 73.7 Å². The molecule has 0 spiro atoms. The van der Waals surface area contributed by atoms with E-state index in [4.69, 9.17) is 9.57 Å². The van der Waals surface area contributed by atoms with Gasteiger partial charge in [0.1, 0.15) is 16.9 Å². The molecule has 0 N–H and O–H groups in total. The molecule has 0 unspecified atom stereocenters. The van der Waals surface area contributed by atoms with Gasteiger partial charge in [0.15, 0.2) is 5.75 Å². The van der Waals surface area contributed by atoms with Gasteiger partial charge in [0, 0.05) is 31.9 Å². The number of fused-ring (bicyclic) bond motifs is 3. The van der Waals surface area contributed by atoms with Gasteiger partial charge >= 0.3 is 0 Å². The van der Waals surface area contributed by atoms with E-state index in [0.717, 1.165) is 26.2 Å². The Kier molecular flexibility index (Phi) is 5.04. The van der Waals surface area contributed by atoms with E-state index in [9.17, 15) is 9.59 Å². The first-order chi connectivity index (χ1) is 14.0. The number of ether oxygens (including phenoxy) is 1. The van der Waals surface area contributed by atoms with Crippen LogP contribution in [0.15, 0.2) is 53.6 Å². The lowest BCUT2D eigenvalue weighted by Crippen LogP contribution is -2.25. The Labute approximate surface area is 170 Å². The van der Waals surface area contributed by atoms with Gasteiger partial charge in [-0.1, -0.05) is 18.2 Å². The molecule has 4 aromatic rings. The monoisotopic (exact) mass is 409 g/mol. The number of thiophene rings is 1. The van der Waals surface area contributed by atoms with Crippen LogP contribution in [0.2, 0.25) is 0 Å². The number of rotatable bonds is 5. The standard InChI is InChI=1S/C21H19N3O4S/c1-23-15-7-5-4-6-14(15)18-16(20(23)25)17(19(29-18)21(26)24(2)27-3)28-12-13-8-10-22-11-9-13/h4-11H,12H2,1-3H3. The molecular weight excluding hydrogens is 390 g/mol. The van der Waals surface area contributed by atoms with E-state index in [1.165, 1.54) is 25.5 Å². The molecule has 4 rings (SSSR count). The Hall–Kier alpha value is -3.23. The zero-order valence-corrected chi connectivity index (χ0v) is 17.0. The minimum atomic E-state index is -0.371. The van der Waals surface area contributed by atoms with Crippen LogP contribution in [0.4, 0.5) is 0 Å². The number of carbonyl (C=O) groups excluding carboxylic acids is 1. The number of aromatic nitrogens is 2. The second-order valence-electron chi connectivity index (χ2n) is 6.48. The molecular formula is C21H19N3O4S. The highest BCUT2D eigenvalue weighted by molar-refractivity contribution is 7.22. The molecule has 7 nitrogen and oxygen atoms in total. The molecule has 0 radical (unpaired) electrons. The van der Waals surface area contributed by atoms with Crippen LogP contribution in [0.3, 0.4) is 0 Å². The Morgan fingerprint density at radius 1 is 1.21 bits per heavy atom. The third-order valence-electron chi connectivity index (χ3n) is 4.78. The fourth-order valence-corrected chi connectivity index (χ4v) is 4.41. The van der Waals surface area contributed by atoms with Crippen LogP contribution in [0, 0.1) is 0 Å². The molecule has 1 aromatic carbocycles. The van der Waals surface area contributed by atoms with Crippen molar-refractivity contribution in [1.29, 1.82) is 0 Å². The predicted octanol–water partition coefficient (Wildman–Crippen LogP) is 3.36. The molecule has 0 saturated heterocycles. The first-order valence-electron chi connectivity index (χ1n) is 8.91. The molecule has 0 bridgehead atoms. The van der Waals surface area contributed by atoms with E-state index < -0.39 is 0 Å². The SMILES string of the molecule is CON(C)C(=O)c1sc2c(c1OCc1ccncc1)c(=O)n(C)c1ccccc21. The Balaban J connectivity index is 1.97. The molecule has 0 fully saturated rings. The molecule has 0 aliphatic carbocycles. The van der Waals surface area contributed by atoms with E-state index in [0.29, 0.717) is 10.3 Å². The van der Waals surface area contributed by atoms with Crippen molar-refractivity contribution in [3.63, 3.8) is 0 Å². The molecule has 3 heterocycles. The van der Waals surface area contributed by atoms with Crippen molar-refractivity contribution in [2.75, 3.05) is 14.2 Å². The van der Waals surface area contributed by atoms with E-state index in [1.807, 2.05) is 36.4 Å². The van der Waals surface area contributed by atoms with Gasteiger partial charge in [0.2, 0.25) is 0 Å². The first-order valence-corrected chi connectivity index (χ1v) is 9.72. The number of pyridine rings is 2. The van der Waals surface area contributed by atoms with Crippen LogP contribution in [0.1, 0.15) is 15.2 Å². The Morgan fingerprint density at radius 3 is 2.66 bits per heavy atom. The van der Waals surface area contributed by atoms with Crippen molar-refractivity contribution in [3.8, 4) is 5.75 Å². The number of amides is 1. The van der Waals surface area contributed by atoms with Gasteiger partial charge in [-0.3, -0.25) is 19.4 Å². The first kappa shape index (κ1) is 19.1. The molecule has 1 amide bonds. The smallest absolute Gasteiger partial charge is 0.291 e. The largest absolute Gasteiger partial charge is 0.486 e. The highest BCUT2D eigenvalue weighted by Crippen LogP contribution is 2.40. The summed E-state index contributed by atoms with van der Waals surface area (Å²) >= 11 is 1.24. The van der Waals surface area contributed by atoms with E-state index in [2.05, 4.69) is 4.98 Å². The van der Waals surface area contributed by atoms with Crippen molar-refractivity contribution in [1.82, 2.24) is 14.6 Å². The summed E-state index contributed by atoms with van der Waals surface area (Å²) in [5.74, 6) is -0.0911. The van der Waals surface area contributed by atoms with E-state index in [1.54, 1.807) is 24.0 Å². The minimum Gasteiger partial charge on any atom is -0.486 e. The lowest BCUT2D eigenvalue weighted by atomic mass is 10.1. The number of para-hydroxylation sites is 1. The van der Waals surface area contributed by atoms with Crippen LogP contribution < -0.4 is 10.3 Å². The lowest BCUT2D eigenvalue weighted by Gasteiger charge is -2.14. The van der Waals surface area contributed by atoms with Gasteiger partial charge in [0.05, 0.1) is 17.3 Å².